The van der Waals surface area contributed by atoms with Gasteiger partial charge in [0.1, 0.15) is 18.7 Å². The lowest BCUT2D eigenvalue weighted by Crippen LogP contribution is -2.52. The van der Waals surface area contributed by atoms with E-state index in [-0.39, 0.29) is 36.2 Å². The SMILES string of the molecule is CCN1CCN(c2ccc(C(=O)NC(CC(C)C)C(=O)N3CC[C@H]4OCC(=O)[C@H]43)cc2)CC1. The molecule has 0 saturated carbocycles. The van der Waals surface area contributed by atoms with Gasteiger partial charge in [-0.2, -0.15) is 0 Å². The molecule has 8 nitrogen and oxygen atoms in total. The van der Waals surface area contributed by atoms with Crippen LogP contribution in [0.2, 0.25) is 0 Å². The maximum Gasteiger partial charge on any atom is 0.251 e. The molecule has 3 aliphatic heterocycles. The summed E-state index contributed by atoms with van der Waals surface area (Å²) in [5.41, 5.74) is 1.65. The lowest BCUT2D eigenvalue weighted by atomic mass is 10.0. The smallest absolute Gasteiger partial charge is 0.251 e. The van der Waals surface area contributed by atoms with Gasteiger partial charge < -0.3 is 24.8 Å². The molecular weight excluding hydrogens is 420 g/mol. The number of anilines is 1. The number of Topliss-reactive ketones (excluding diaryl/α,β-unsaturated/α-hetero) is 1. The number of carbonyl (C=O) groups excluding carboxylic acids is 3. The zero-order valence-electron chi connectivity index (χ0n) is 20.0. The normalized spacial score (nSPS) is 24.3. The molecule has 8 heteroatoms. The molecular formula is C25H36N4O4. The molecule has 0 bridgehead atoms. The van der Waals surface area contributed by atoms with Crippen LogP contribution in [0.3, 0.4) is 0 Å². The number of nitrogens with one attached hydrogen (secondary N) is 1. The molecule has 3 heterocycles. The number of likely N-dealkylation sites (N-methyl/N-ethyl adjacent to an activating group) is 1. The Morgan fingerprint density at radius 3 is 2.42 bits per heavy atom. The number of hydrogen-bond donors (Lipinski definition) is 1. The van der Waals surface area contributed by atoms with Crippen molar-refractivity contribution in [2.24, 2.45) is 5.92 Å². The Morgan fingerprint density at radius 2 is 1.79 bits per heavy atom. The third-order valence-corrected chi connectivity index (χ3v) is 7.02. The molecule has 3 atom stereocenters. The number of ether oxygens (including phenoxy) is 1. The number of amides is 2. The highest BCUT2D eigenvalue weighted by molar-refractivity contribution is 5.99. The first-order valence-corrected chi connectivity index (χ1v) is 12.2. The van der Waals surface area contributed by atoms with Crippen LogP contribution in [-0.4, -0.2) is 91.5 Å². The number of rotatable bonds is 7. The van der Waals surface area contributed by atoms with Gasteiger partial charge in [-0.25, -0.2) is 0 Å². The van der Waals surface area contributed by atoms with E-state index in [2.05, 4.69) is 22.0 Å². The van der Waals surface area contributed by atoms with Gasteiger partial charge in [0.05, 0.1) is 6.10 Å². The van der Waals surface area contributed by atoms with Gasteiger partial charge in [-0.1, -0.05) is 20.8 Å². The summed E-state index contributed by atoms with van der Waals surface area (Å²) in [5, 5.41) is 2.95. The molecule has 3 aliphatic rings. The van der Waals surface area contributed by atoms with Crippen molar-refractivity contribution in [2.45, 2.75) is 51.8 Å². The van der Waals surface area contributed by atoms with Crippen molar-refractivity contribution in [3.8, 4) is 0 Å². The first-order valence-electron chi connectivity index (χ1n) is 12.2. The monoisotopic (exact) mass is 456 g/mol. The van der Waals surface area contributed by atoms with Crippen LogP contribution in [0.1, 0.15) is 44.0 Å². The van der Waals surface area contributed by atoms with Crippen LogP contribution >= 0.6 is 0 Å². The Balaban J connectivity index is 1.41. The average molecular weight is 457 g/mol. The van der Waals surface area contributed by atoms with Crippen LogP contribution in [-0.2, 0) is 14.3 Å². The van der Waals surface area contributed by atoms with Crippen LogP contribution in [0, 0.1) is 5.92 Å². The van der Waals surface area contributed by atoms with Gasteiger partial charge in [-0.15, -0.1) is 0 Å². The highest BCUT2D eigenvalue weighted by atomic mass is 16.5. The summed E-state index contributed by atoms with van der Waals surface area (Å²) in [4.78, 5) is 45.0. The fourth-order valence-corrected chi connectivity index (χ4v) is 5.12. The van der Waals surface area contributed by atoms with E-state index in [1.54, 1.807) is 4.90 Å². The van der Waals surface area contributed by atoms with Gasteiger partial charge in [-0.3, -0.25) is 14.4 Å². The van der Waals surface area contributed by atoms with Gasteiger partial charge in [-0.05, 0) is 49.6 Å². The van der Waals surface area contributed by atoms with Gasteiger partial charge in [0.15, 0.2) is 5.78 Å². The third-order valence-electron chi connectivity index (χ3n) is 7.02. The van der Waals surface area contributed by atoms with Gasteiger partial charge in [0, 0.05) is 44.0 Å². The van der Waals surface area contributed by atoms with E-state index in [1.165, 1.54) is 0 Å². The second-order valence-corrected chi connectivity index (χ2v) is 9.70. The van der Waals surface area contributed by atoms with Crippen LogP contribution in [0.15, 0.2) is 24.3 Å². The lowest BCUT2D eigenvalue weighted by molar-refractivity contribution is -0.138. The molecule has 1 unspecified atom stereocenters. The van der Waals surface area contributed by atoms with Crippen molar-refractivity contribution in [1.82, 2.24) is 15.1 Å². The Labute approximate surface area is 196 Å². The molecule has 3 saturated heterocycles. The van der Waals surface area contributed by atoms with Gasteiger partial charge in [0.25, 0.3) is 5.91 Å². The minimum atomic E-state index is -0.661. The van der Waals surface area contributed by atoms with Crippen molar-refractivity contribution in [3.63, 3.8) is 0 Å². The van der Waals surface area contributed by atoms with E-state index in [0.717, 1.165) is 38.4 Å². The van der Waals surface area contributed by atoms with Crippen molar-refractivity contribution in [3.05, 3.63) is 29.8 Å². The molecule has 0 aliphatic carbocycles. The Hall–Kier alpha value is -2.45. The molecule has 1 aromatic rings. The van der Waals surface area contributed by atoms with Crippen molar-refractivity contribution in [1.29, 1.82) is 0 Å². The predicted octanol–water partition coefficient (Wildman–Crippen LogP) is 1.54. The summed E-state index contributed by atoms with van der Waals surface area (Å²) in [6.07, 6.45) is 0.981. The molecule has 0 spiro atoms. The van der Waals surface area contributed by atoms with Crippen LogP contribution in [0.25, 0.3) is 0 Å². The van der Waals surface area contributed by atoms with Crippen molar-refractivity contribution in [2.75, 3.05) is 50.8 Å². The largest absolute Gasteiger partial charge is 0.369 e. The summed E-state index contributed by atoms with van der Waals surface area (Å²) < 4.78 is 5.52. The first-order chi connectivity index (χ1) is 15.9. The Morgan fingerprint density at radius 1 is 1.09 bits per heavy atom. The van der Waals surface area contributed by atoms with Crippen molar-refractivity contribution < 1.29 is 19.1 Å². The zero-order valence-corrected chi connectivity index (χ0v) is 20.0. The standard InChI is InChI=1S/C25H36N4O4/c1-4-27-11-13-28(14-12-27)19-7-5-18(6-8-19)24(31)26-20(15-17(2)3)25(32)29-10-9-22-23(29)21(30)16-33-22/h5-8,17,20,22-23H,4,9-16H2,1-3H3,(H,26,31)/t20?,22-,23-/m1/s1. The molecule has 2 amide bonds. The maximum absolute atomic E-state index is 13.3. The number of fused-ring (bicyclic) bond motifs is 1. The molecule has 33 heavy (non-hydrogen) atoms. The Kier molecular flexibility index (Phi) is 7.34. The Bertz CT molecular complexity index is 864. The molecule has 3 fully saturated rings. The second kappa shape index (κ2) is 10.2. The number of nitrogens with zero attached hydrogens (tertiary/aromatic N) is 3. The maximum atomic E-state index is 13.3. The number of ketones is 1. The minimum absolute atomic E-state index is 0.0455. The van der Waals surface area contributed by atoms with Crippen LogP contribution in [0.5, 0.6) is 0 Å². The molecule has 4 rings (SSSR count). The fourth-order valence-electron chi connectivity index (χ4n) is 5.12. The summed E-state index contributed by atoms with van der Waals surface area (Å²) in [5.74, 6) is -0.275. The van der Waals surface area contributed by atoms with E-state index in [1.807, 2.05) is 38.1 Å². The van der Waals surface area contributed by atoms with E-state index < -0.39 is 12.1 Å². The number of piperazine rings is 1. The van der Waals surface area contributed by atoms with E-state index in [9.17, 15) is 14.4 Å². The van der Waals surface area contributed by atoms with Crippen LogP contribution in [0.4, 0.5) is 5.69 Å². The number of likely N-dealkylation sites (tertiary alicyclic amines) is 1. The van der Waals surface area contributed by atoms with E-state index in [0.29, 0.717) is 24.9 Å². The van der Waals surface area contributed by atoms with E-state index in [4.69, 9.17) is 4.74 Å². The second-order valence-electron chi connectivity index (χ2n) is 9.70. The topological polar surface area (TPSA) is 82.2 Å². The number of carbonyl (C=O) groups is 3. The first kappa shape index (κ1) is 23.7. The third kappa shape index (κ3) is 5.22. The molecule has 180 valence electrons. The van der Waals surface area contributed by atoms with Crippen molar-refractivity contribution >= 4 is 23.3 Å². The van der Waals surface area contributed by atoms with E-state index >= 15 is 0 Å². The summed E-state index contributed by atoms with van der Waals surface area (Å²) in [7, 11) is 0. The minimum Gasteiger partial charge on any atom is -0.369 e. The van der Waals surface area contributed by atoms with Crippen LogP contribution < -0.4 is 10.2 Å². The molecule has 1 aromatic carbocycles. The van der Waals surface area contributed by atoms with Gasteiger partial charge in [0.2, 0.25) is 5.91 Å². The molecule has 0 aromatic heterocycles. The average Bonchev–Trinajstić information content (AvgIpc) is 3.41. The highest BCUT2D eigenvalue weighted by Gasteiger charge is 2.48. The quantitative estimate of drug-likeness (QED) is 0.670. The fraction of sp³-hybridized carbons (Fsp3) is 0.640. The lowest BCUT2D eigenvalue weighted by Gasteiger charge is -2.35. The summed E-state index contributed by atoms with van der Waals surface area (Å²) in [6, 6.07) is 6.45. The predicted molar refractivity (Wildman–Crippen MR) is 126 cm³/mol. The number of benzene rings is 1. The summed E-state index contributed by atoms with van der Waals surface area (Å²) >= 11 is 0. The summed E-state index contributed by atoms with van der Waals surface area (Å²) in [6.45, 7) is 11.9. The number of hydrogen-bond acceptors (Lipinski definition) is 6. The van der Waals surface area contributed by atoms with Gasteiger partial charge >= 0.3 is 0 Å². The molecule has 1 N–H and O–H groups in total. The molecule has 0 radical (unpaired) electrons. The zero-order chi connectivity index (χ0) is 23.5. The highest BCUT2D eigenvalue weighted by Crippen LogP contribution is 2.28.